The van der Waals surface area contributed by atoms with Crippen molar-refractivity contribution >= 4 is 16.8 Å². The number of benzene rings is 1. The number of nitrogens with zero attached hydrogens (tertiary/aromatic N) is 1. The van der Waals surface area contributed by atoms with Crippen LogP contribution in [0, 0.1) is 5.82 Å². The summed E-state index contributed by atoms with van der Waals surface area (Å²) in [7, 11) is 1.80. The Kier molecular flexibility index (Phi) is 3.01. The van der Waals surface area contributed by atoms with E-state index in [4.69, 9.17) is 0 Å². The zero-order valence-electron chi connectivity index (χ0n) is 10.9. The Labute approximate surface area is 111 Å². The van der Waals surface area contributed by atoms with Crippen LogP contribution < -0.4 is 5.32 Å². The summed E-state index contributed by atoms with van der Waals surface area (Å²) in [6.07, 6.45) is 4.49. The molecule has 0 unspecified atom stereocenters. The molecule has 1 fully saturated rings. The van der Waals surface area contributed by atoms with E-state index in [1.165, 1.54) is 25.0 Å². The molecular formula is C15H17FN2O. The minimum Gasteiger partial charge on any atom is -0.348 e. The maximum absolute atomic E-state index is 13.2. The van der Waals surface area contributed by atoms with Gasteiger partial charge in [0.15, 0.2) is 0 Å². The minimum absolute atomic E-state index is 0.0639. The SMILES string of the molecule is Cn1c(C(=O)NC2CCCC2)cc2ccc(F)cc21. The van der Waals surface area contributed by atoms with Crippen molar-refractivity contribution in [2.24, 2.45) is 7.05 Å². The lowest BCUT2D eigenvalue weighted by molar-refractivity contribution is 0.0930. The number of hydrogen-bond donors (Lipinski definition) is 1. The summed E-state index contributed by atoms with van der Waals surface area (Å²) in [5.41, 5.74) is 1.34. The lowest BCUT2D eigenvalue weighted by Gasteiger charge is -2.12. The number of halogens is 1. The van der Waals surface area contributed by atoms with E-state index in [0.717, 1.165) is 23.7 Å². The van der Waals surface area contributed by atoms with Crippen LogP contribution in [-0.2, 0) is 7.05 Å². The van der Waals surface area contributed by atoms with Gasteiger partial charge in [-0.1, -0.05) is 12.8 Å². The average Bonchev–Trinajstić information content (AvgIpc) is 2.98. The van der Waals surface area contributed by atoms with Crippen molar-refractivity contribution in [2.45, 2.75) is 31.7 Å². The van der Waals surface area contributed by atoms with Gasteiger partial charge in [-0.25, -0.2) is 4.39 Å². The van der Waals surface area contributed by atoms with Gasteiger partial charge in [-0.3, -0.25) is 4.79 Å². The van der Waals surface area contributed by atoms with E-state index in [1.807, 2.05) is 6.07 Å². The Hall–Kier alpha value is -1.84. The molecule has 1 aromatic heterocycles. The molecule has 1 aliphatic carbocycles. The minimum atomic E-state index is -0.281. The van der Waals surface area contributed by atoms with Gasteiger partial charge in [0.25, 0.3) is 5.91 Å². The Bertz CT molecular complexity index is 626. The standard InChI is InChI=1S/C15H17FN2O/c1-18-13-9-11(16)7-6-10(13)8-14(18)15(19)17-12-4-2-3-5-12/h6-9,12H,2-5H2,1H3,(H,17,19). The second-order valence-corrected chi connectivity index (χ2v) is 5.25. The Balaban J connectivity index is 1.91. The number of rotatable bonds is 2. The zero-order chi connectivity index (χ0) is 13.4. The zero-order valence-corrected chi connectivity index (χ0v) is 10.9. The van der Waals surface area contributed by atoms with Gasteiger partial charge in [0.05, 0.1) is 5.52 Å². The third-order valence-corrected chi connectivity index (χ3v) is 3.93. The summed E-state index contributed by atoms with van der Waals surface area (Å²) in [5.74, 6) is -0.345. The molecule has 100 valence electrons. The summed E-state index contributed by atoms with van der Waals surface area (Å²) in [4.78, 5) is 12.3. The number of nitrogens with one attached hydrogen (secondary N) is 1. The van der Waals surface area contributed by atoms with Crippen LogP contribution in [0.15, 0.2) is 24.3 Å². The predicted molar refractivity (Wildman–Crippen MR) is 72.6 cm³/mol. The molecule has 0 aliphatic heterocycles. The lowest BCUT2D eigenvalue weighted by Crippen LogP contribution is -2.33. The molecule has 1 N–H and O–H groups in total. The van der Waals surface area contributed by atoms with Crippen LogP contribution in [-0.4, -0.2) is 16.5 Å². The largest absolute Gasteiger partial charge is 0.348 e. The van der Waals surface area contributed by atoms with E-state index in [9.17, 15) is 9.18 Å². The molecule has 4 heteroatoms. The quantitative estimate of drug-likeness (QED) is 0.885. The molecule has 0 spiro atoms. The van der Waals surface area contributed by atoms with E-state index in [2.05, 4.69) is 5.32 Å². The van der Waals surface area contributed by atoms with Crippen LogP contribution in [0.2, 0.25) is 0 Å². The van der Waals surface area contributed by atoms with Gasteiger partial charge in [-0.05, 0) is 37.1 Å². The molecule has 0 radical (unpaired) electrons. The number of carbonyl (C=O) groups excluding carboxylic acids is 1. The van der Waals surface area contributed by atoms with E-state index >= 15 is 0 Å². The van der Waals surface area contributed by atoms with Gasteiger partial charge >= 0.3 is 0 Å². The number of aryl methyl sites for hydroxylation is 1. The summed E-state index contributed by atoms with van der Waals surface area (Å²) in [5, 5.41) is 3.95. The average molecular weight is 260 g/mol. The Morgan fingerprint density at radius 3 is 2.79 bits per heavy atom. The summed E-state index contributed by atoms with van der Waals surface area (Å²) in [6.45, 7) is 0. The number of carbonyl (C=O) groups is 1. The lowest BCUT2D eigenvalue weighted by atomic mass is 10.2. The van der Waals surface area contributed by atoms with Crippen LogP contribution in [0.4, 0.5) is 4.39 Å². The van der Waals surface area contributed by atoms with Crippen molar-refractivity contribution in [1.29, 1.82) is 0 Å². The first kappa shape index (κ1) is 12.2. The number of amides is 1. The van der Waals surface area contributed by atoms with Gasteiger partial charge in [0.2, 0.25) is 0 Å². The molecule has 1 saturated carbocycles. The van der Waals surface area contributed by atoms with E-state index in [0.29, 0.717) is 11.7 Å². The highest BCUT2D eigenvalue weighted by molar-refractivity contribution is 5.98. The first-order valence-electron chi connectivity index (χ1n) is 6.71. The van der Waals surface area contributed by atoms with E-state index < -0.39 is 0 Å². The summed E-state index contributed by atoms with van der Waals surface area (Å²) < 4.78 is 15.0. The highest BCUT2D eigenvalue weighted by atomic mass is 19.1. The molecule has 1 aromatic carbocycles. The molecule has 0 atom stereocenters. The highest BCUT2D eigenvalue weighted by Crippen LogP contribution is 2.21. The van der Waals surface area contributed by atoms with Gasteiger partial charge in [-0.15, -0.1) is 0 Å². The third-order valence-electron chi connectivity index (χ3n) is 3.93. The molecule has 1 heterocycles. The van der Waals surface area contributed by atoms with Crippen LogP contribution >= 0.6 is 0 Å². The first-order valence-corrected chi connectivity index (χ1v) is 6.71. The normalized spacial score (nSPS) is 16.1. The molecular weight excluding hydrogens is 243 g/mol. The van der Waals surface area contributed by atoms with Crippen LogP contribution in [0.3, 0.4) is 0 Å². The fraction of sp³-hybridized carbons (Fsp3) is 0.400. The van der Waals surface area contributed by atoms with Crippen molar-refractivity contribution in [3.63, 3.8) is 0 Å². The maximum atomic E-state index is 13.2. The predicted octanol–water partition coefficient (Wildman–Crippen LogP) is 2.99. The molecule has 3 nitrogen and oxygen atoms in total. The van der Waals surface area contributed by atoms with Gasteiger partial charge in [0, 0.05) is 18.5 Å². The monoisotopic (exact) mass is 260 g/mol. The van der Waals surface area contributed by atoms with E-state index in [1.54, 1.807) is 17.7 Å². The fourth-order valence-corrected chi connectivity index (χ4v) is 2.85. The summed E-state index contributed by atoms with van der Waals surface area (Å²) in [6, 6.07) is 6.70. The van der Waals surface area contributed by atoms with Crippen LogP contribution in [0.25, 0.3) is 10.9 Å². The first-order chi connectivity index (χ1) is 9.15. The Morgan fingerprint density at radius 2 is 2.05 bits per heavy atom. The molecule has 0 bridgehead atoms. The van der Waals surface area contributed by atoms with E-state index in [-0.39, 0.29) is 11.7 Å². The molecule has 2 aromatic rings. The third kappa shape index (κ3) is 2.23. The number of hydrogen-bond acceptors (Lipinski definition) is 1. The smallest absolute Gasteiger partial charge is 0.268 e. The van der Waals surface area contributed by atoms with Gasteiger partial charge in [-0.2, -0.15) is 0 Å². The second kappa shape index (κ2) is 4.68. The second-order valence-electron chi connectivity index (χ2n) is 5.25. The van der Waals surface area contributed by atoms with Gasteiger partial charge in [0.1, 0.15) is 11.5 Å². The maximum Gasteiger partial charge on any atom is 0.268 e. The van der Waals surface area contributed by atoms with Crippen LogP contribution in [0.5, 0.6) is 0 Å². The number of aromatic nitrogens is 1. The van der Waals surface area contributed by atoms with Crippen molar-refractivity contribution in [3.8, 4) is 0 Å². The van der Waals surface area contributed by atoms with Crippen molar-refractivity contribution in [3.05, 3.63) is 35.8 Å². The fourth-order valence-electron chi connectivity index (χ4n) is 2.85. The molecule has 0 saturated heterocycles. The topological polar surface area (TPSA) is 34.0 Å². The van der Waals surface area contributed by atoms with Crippen LogP contribution in [0.1, 0.15) is 36.2 Å². The molecule has 1 aliphatic rings. The van der Waals surface area contributed by atoms with Crippen molar-refractivity contribution in [1.82, 2.24) is 9.88 Å². The summed E-state index contributed by atoms with van der Waals surface area (Å²) >= 11 is 0. The highest BCUT2D eigenvalue weighted by Gasteiger charge is 2.20. The van der Waals surface area contributed by atoms with Gasteiger partial charge < -0.3 is 9.88 Å². The number of fused-ring (bicyclic) bond motifs is 1. The molecule has 3 rings (SSSR count). The molecule has 19 heavy (non-hydrogen) atoms. The van der Waals surface area contributed by atoms with Crippen molar-refractivity contribution < 1.29 is 9.18 Å². The molecule has 1 amide bonds. The van der Waals surface area contributed by atoms with Crippen molar-refractivity contribution in [2.75, 3.05) is 0 Å². The Morgan fingerprint density at radius 1 is 1.32 bits per heavy atom.